The van der Waals surface area contributed by atoms with Gasteiger partial charge in [0.05, 0.1) is 23.5 Å². The highest BCUT2D eigenvalue weighted by Crippen LogP contribution is 2.39. The minimum atomic E-state index is -1.30. The van der Waals surface area contributed by atoms with Gasteiger partial charge in [0, 0.05) is 16.1 Å². The summed E-state index contributed by atoms with van der Waals surface area (Å²) < 4.78 is 6.29. The molecule has 1 saturated carbocycles. The van der Waals surface area contributed by atoms with Gasteiger partial charge in [0.2, 0.25) is 0 Å². The van der Waals surface area contributed by atoms with Gasteiger partial charge in [-0.1, -0.05) is 41.9 Å². The lowest BCUT2D eigenvalue weighted by Crippen LogP contribution is -2.23. The first-order valence-electron chi connectivity index (χ1n) is 9.36. The Kier molecular flexibility index (Phi) is 5.31. The van der Waals surface area contributed by atoms with Gasteiger partial charge in [-0.15, -0.1) is 0 Å². The number of pyridine rings is 1. The Bertz CT molecular complexity index is 1010. The fraction of sp³-hybridized carbons (Fsp3) is 0.217. The fourth-order valence-corrected chi connectivity index (χ4v) is 3.81. The molecule has 1 aromatic heterocycles. The predicted octanol–water partition coefficient (Wildman–Crippen LogP) is 4.75. The van der Waals surface area contributed by atoms with Crippen molar-refractivity contribution in [2.24, 2.45) is 0 Å². The van der Waals surface area contributed by atoms with Crippen LogP contribution in [-0.4, -0.2) is 17.1 Å². The summed E-state index contributed by atoms with van der Waals surface area (Å²) in [6, 6.07) is 18.2. The molecular weight excluding hydrogens is 374 g/mol. The quantitative estimate of drug-likeness (QED) is 0.628. The van der Waals surface area contributed by atoms with Gasteiger partial charge in [0.1, 0.15) is 5.75 Å². The molecule has 1 fully saturated rings. The van der Waals surface area contributed by atoms with Crippen molar-refractivity contribution in [3.05, 3.63) is 71.4 Å². The second kappa shape index (κ2) is 8.03. The molecular formula is C23H19ClNO3-. The molecule has 0 spiro atoms. The number of carboxylic acids is 1. The molecule has 0 N–H and O–H groups in total. The van der Waals surface area contributed by atoms with E-state index in [0.29, 0.717) is 10.7 Å². The van der Waals surface area contributed by atoms with E-state index in [-0.39, 0.29) is 11.8 Å². The lowest BCUT2D eigenvalue weighted by atomic mass is 9.96. The third-order valence-electron chi connectivity index (χ3n) is 4.99. The number of ether oxygens (including phenoxy) is 1. The van der Waals surface area contributed by atoms with E-state index in [4.69, 9.17) is 16.3 Å². The average Bonchev–Trinajstić information content (AvgIpc) is 3.22. The maximum atomic E-state index is 11.2. The second-order valence-corrected chi connectivity index (χ2v) is 7.34. The number of benzene rings is 2. The Morgan fingerprint density at radius 3 is 2.46 bits per heavy atom. The van der Waals surface area contributed by atoms with Gasteiger partial charge in [-0.2, -0.15) is 0 Å². The van der Waals surface area contributed by atoms with E-state index in [2.05, 4.69) is 4.98 Å². The zero-order valence-electron chi connectivity index (χ0n) is 15.2. The summed E-state index contributed by atoms with van der Waals surface area (Å²) in [7, 11) is 0. The topological polar surface area (TPSA) is 62.2 Å². The van der Waals surface area contributed by atoms with Crippen molar-refractivity contribution in [3.8, 4) is 28.1 Å². The third-order valence-corrected chi connectivity index (χ3v) is 5.22. The molecule has 4 nitrogen and oxygen atoms in total. The number of aromatic nitrogens is 1. The van der Waals surface area contributed by atoms with E-state index in [9.17, 15) is 9.90 Å². The van der Waals surface area contributed by atoms with Crippen LogP contribution in [0.3, 0.4) is 0 Å². The zero-order chi connectivity index (χ0) is 19.5. The van der Waals surface area contributed by atoms with Crippen LogP contribution in [0.25, 0.3) is 22.4 Å². The molecule has 0 aliphatic heterocycles. The van der Waals surface area contributed by atoms with Crippen LogP contribution in [0.1, 0.15) is 36.2 Å². The minimum absolute atomic E-state index is 0.0965. The van der Waals surface area contributed by atoms with Gasteiger partial charge in [0.15, 0.2) is 0 Å². The number of hydrogen-bond donors (Lipinski definition) is 0. The number of carbonyl (C=O) groups is 1. The second-order valence-electron chi connectivity index (χ2n) is 6.91. The molecule has 0 saturated heterocycles. The molecule has 0 amide bonds. The molecule has 5 heteroatoms. The summed E-state index contributed by atoms with van der Waals surface area (Å²) >= 11 is 6.29. The molecule has 28 heavy (non-hydrogen) atoms. The molecule has 2 aromatic carbocycles. The molecule has 4 rings (SSSR count). The van der Waals surface area contributed by atoms with Gasteiger partial charge in [-0.05, 0) is 61.6 Å². The summed E-state index contributed by atoms with van der Waals surface area (Å²) in [4.78, 5) is 15.5. The summed E-state index contributed by atoms with van der Waals surface area (Å²) in [5.41, 5.74) is 3.03. The van der Waals surface area contributed by atoms with Crippen LogP contribution in [-0.2, 0) is 0 Å². The number of carbonyl (C=O) groups excluding carboxylic acids is 1. The van der Waals surface area contributed by atoms with E-state index in [1.807, 2.05) is 42.5 Å². The lowest BCUT2D eigenvalue weighted by Gasteiger charge is -2.19. The Labute approximate surface area is 168 Å². The van der Waals surface area contributed by atoms with Gasteiger partial charge >= 0.3 is 0 Å². The minimum Gasteiger partial charge on any atom is -0.543 e. The number of rotatable bonds is 5. The molecule has 0 unspecified atom stereocenters. The zero-order valence-corrected chi connectivity index (χ0v) is 16.0. The SMILES string of the molecule is O=C([O-])c1cccc(-c2ccccc2-c2cc(Cl)ccc2OC2CCCC2)n1. The lowest BCUT2D eigenvalue weighted by molar-refractivity contribution is -0.255. The largest absolute Gasteiger partial charge is 0.543 e. The number of aromatic carboxylic acids is 1. The molecule has 1 aliphatic carbocycles. The molecule has 142 valence electrons. The average molecular weight is 393 g/mol. The molecule has 0 bridgehead atoms. The summed E-state index contributed by atoms with van der Waals surface area (Å²) in [6.45, 7) is 0. The highest BCUT2D eigenvalue weighted by molar-refractivity contribution is 6.31. The van der Waals surface area contributed by atoms with Crippen LogP contribution in [0.2, 0.25) is 5.02 Å². The monoisotopic (exact) mass is 392 g/mol. The number of nitrogens with zero attached hydrogens (tertiary/aromatic N) is 1. The van der Waals surface area contributed by atoms with Crippen molar-refractivity contribution in [1.82, 2.24) is 4.98 Å². The van der Waals surface area contributed by atoms with Crippen molar-refractivity contribution in [1.29, 1.82) is 0 Å². The van der Waals surface area contributed by atoms with Crippen molar-refractivity contribution in [2.75, 3.05) is 0 Å². The van der Waals surface area contributed by atoms with E-state index in [1.165, 1.54) is 18.9 Å². The van der Waals surface area contributed by atoms with Crippen LogP contribution >= 0.6 is 11.6 Å². The van der Waals surface area contributed by atoms with Crippen LogP contribution < -0.4 is 9.84 Å². The smallest absolute Gasteiger partial charge is 0.127 e. The van der Waals surface area contributed by atoms with Crippen LogP contribution in [0.5, 0.6) is 5.75 Å². The maximum Gasteiger partial charge on any atom is 0.127 e. The Balaban J connectivity index is 1.81. The summed E-state index contributed by atoms with van der Waals surface area (Å²) in [5, 5.41) is 11.8. The van der Waals surface area contributed by atoms with Gasteiger partial charge in [0.25, 0.3) is 0 Å². The van der Waals surface area contributed by atoms with Crippen molar-refractivity contribution in [3.63, 3.8) is 0 Å². The fourth-order valence-electron chi connectivity index (χ4n) is 3.64. The summed E-state index contributed by atoms with van der Waals surface area (Å²) in [5.74, 6) is -0.521. The van der Waals surface area contributed by atoms with E-state index >= 15 is 0 Å². The highest BCUT2D eigenvalue weighted by Gasteiger charge is 2.20. The maximum absolute atomic E-state index is 11.2. The molecule has 1 aliphatic rings. The predicted molar refractivity (Wildman–Crippen MR) is 107 cm³/mol. The Hall–Kier alpha value is -2.85. The van der Waals surface area contributed by atoms with Gasteiger partial charge < -0.3 is 14.6 Å². The van der Waals surface area contributed by atoms with Gasteiger partial charge in [-0.25, -0.2) is 4.98 Å². The van der Waals surface area contributed by atoms with Crippen molar-refractivity contribution in [2.45, 2.75) is 31.8 Å². The number of halogens is 1. The highest BCUT2D eigenvalue weighted by atomic mass is 35.5. The van der Waals surface area contributed by atoms with Crippen LogP contribution in [0.15, 0.2) is 60.7 Å². The van der Waals surface area contributed by atoms with Gasteiger partial charge in [-0.3, -0.25) is 0 Å². The molecule has 3 aromatic rings. The van der Waals surface area contributed by atoms with Crippen LogP contribution in [0.4, 0.5) is 0 Å². The molecule has 0 atom stereocenters. The normalized spacial score (nSPS) is 14.2. The van der Waals surface area contributed by atoms with E-state index < -0.39 is 5.97 Å². The standard InChI is InChI=1S/C23H20ClNO3/c24-15-12-13-22(28-16-6-1-2-7-16)19(14-15)17-8-3-4-9-18(17)20-10-5-11-21(25-20)23(26)27/h3-5,8-14,16H,1-2,6-7H2,(H,26,27)/p-1. The first-order valence-corrected chi connectivity index (χ1v) is 9.74. The third kappa shape index (κ3) is 3.87. The number of hydrogen-bond acceptors (Lipinski definition) is 4. The van der Waals surface area contributed by atoms with Crippen LogP contribution in [0, 0.1) is 0 Å². The Morgan fingerprint density at radius 1 is 0.964 bits per heavy atom. The summed E-state index contributed by atoms with van der Waals surface area (Å²) in [6.07, 6.45) is 4.69. The van der Waals surface area contributed by atoms with Crippen molar-refractivity contribution < 1.29 is 14.6 Å². The Morgan fingerprint density at radius 2 is 1.71 bits per heavy atom. The van der Waals surface area contributed by atoms with E-state index in [0.717, 1.165) is 35.3 Å². The molecule has 0 radical (unpaired) electrons. The van der Waals surface area contributed by atoms with Crippen molar-refractivity contribution >= 4 is 17.6 Å². The first-order chi connectivity index (χ1) is 13.6. The molecule has 1 heterocycles. The van der Waals surface area contributed by atoms with E-state index in [1.54, 1.807) is 12.1 Å². The first kappa shape index (κ1) is 18.5. The number of carboxylic acid groups (broad SMARTS) is 1.